The van der Waals surface area contributed by atoms with Crippen LogP contribution in [0.15, 0.2) is 59.6 Å². The summed E-state index contributed by atoms with van der Waals surface area (Å²) in [7, 11) is 0. The summed E-state index contributed by atoms with van der Waals surface area (Å²) in [6.07, 6.45) is 3.93. The van der Waals surface area contributed by atoms with E-state index in [1.807, 2.05) is 24.4 Å². The van der Waals surface area contributed by atoms with E-state index in [-0.39, 0.29) is 0 Å². The zero-order valence-electron chi connectivity index (χ0n) is 12.2. The van der Waals surface area contributed by atoms with Crippen LogP contribution in [0, 0.1) is 0 Å². The van der Waals surface area contributed by atoms with Gasteiger partial charge in [0.25, 0.3) is 0 Å². The van der Waals surface area contributed by atoms with E-state index in [0.29, 0.717) is 0 Å². The Hall–Kier alpha value is -1.36. The summed E-state index contributed by atoms with van der Waals surface area (Å²) in [5.41, 5.74) is 1.15. The summed E-state index contributed by atoms with van der Waals surface area (Å²) in [5.74, 6) is 0.845. The topological polar surface area (TPSA) is 39.0 Å². The number of pyridine rings is 1. The van der Waals surface area contributed by atoms with Gasteiger partial charge in [-0.25, -0.2) is 5.32 Å². The number of rotatable bonds is 10. The molecule has 21 heavy (non-hydrogen) atoms. The van der Waals surface area contributed by atoms with E-state index in [1.54, 1.807) is 11.8 Å². The third kappa shape index (κ3) is 7.27. The van der Waals surface area contributed by atoms with E-state index >= 15 is 0 Å². The summed E-state index contributed by atoms with van der Waals surface area (Å²) in [6.45, 7) is 2.93. The van der Waals surface area contributed by atoms with Gasteiger partial charge in [0.2, 0.25) is 0 Å². The smallest absolute Gasteiger partial charge is 0.0637 e. The molecule has 1 heterocycles. The number of thioether (sulfide) groups is 1. The molecule has 0 aliphatic carbocycles. The lowest BCUT2D eigenvalue weighted by Crippen LogP contribution is -2.21. The van der Waals surface area contributed by atoms with Crippen LogP contribution in [0.4, 0.5) is 0 Å². The van der Waals surface area contributed by atoms with E-state index in [0.717, 1.165) is 44.0 Å². The molecular formula is C17H22N3S. The summed E-state index contributed by atoms with van der Waals surface area (Å²) in [6, 6.07) is 16.5. The predicted molar refractivity (Wildman–Crippen MR) is 89.6 cm³/mol. The summed E-state index contributed by atoms with van der Waals surface area (Å²) >= 11 is 1.79. The van der Waals surface area contributed by atoms with Crippen LogP contribution in [-0.4, -0.2) is 30.5 Å². The zero-order chi connectivity index (χ0) is 14.6. The van der Waals surface area contributed by atoms with Crippen LogP contribution in [0.25, 0.3) is 0 Å². The minimum atomic E-state index is 0.845. The molecule has 2 aromatic rings. The molecule has 0 aliphatic heterocycles. The number of aromatic nitrogens is 1. The summed E-state index contributed by atoms with van der Waals surface area (Å²) in [5, 5.41) is 7.97. The zero-order valence-corrected chi connectivity index (χ0v) is 13.1. The molecule has 0 atom stereocenters. The van der Waals surface area contributed by atoms with Gasteiger partial charge in [-0.2, -0.15) is 0 Å². The fourth-order valence-electron chi connectivity index (χ4n) is 1.90. The van der Waals surface area contributed by atoms with E-state index in [9.17, 15) is 0 Å². The molecule has 0 saturated carbocycles. The van der Waals surface area contributed by atoms with Gasteiger partial charge in [0.05, 0.1) is 5.88 Å². The predicted octanol–water partition coefficient (Wildman–Crippen LogP) is 2.96. The van der Waals surface area contributed by atoms with Crippen molar-refractivity contribution in [2.45, 2.75) is 17.7 Å². The van der Waals surface area contributed by atoms with Gasteiger partial charge < -0.3 is 5.32 Å². The minimum Gasteiger partial charge on any atom is -0.316 e. The van der Waals surface area contributed by atoms with E-state index in [4.69, 9.17) is 0 Å². The van der Waals surface area contributed by atoms with Crippen LogP contribution in [0.2, 0.25) is 0 Å². The van der Waals surface area contributed by atoms with Crippen LogP contribution >= 0.6 is 11.8 Å². The van der Waals surface area contributed by atoms with Gasteiger partial charge in [-0.15, -0.1) is 11.8 Å². The average molecular weight is 300 g/mol. The van der Waals surface area contributed by atoms with Crippen molar-refractivity contribution in [2.75, 3.05) is 25.5 Å². The summed E-state index contributed by atoms with van der Waals surface area (Å²) in [4.78, 5) is 5.59. The van der Waals surface area contributed by atoms with Crippen LogP contribution in [0.1, 0.15) is 12.1 Å². The molecule has 0 unspecified atom stereocenters. The first kappa shape index (κ1) is 16.0. The highest BCUT2D eigenvalue weighted by Crippen LogP contribution is 2.15. The number of nitrogens with zero attached hydrogens (tertiary/aromatic N) is 2. The minimum absolute atomic E-state index is 0.845. The molecule has 0 amide bonds. The Morgan fingerprint density at radius 2 is 1.86 bits per heavy atom. The Morgan fingerprint density at radius 3 is 2.67 bits per heavy atom. The third-order valence-corrected chi connectivity index (χ3v) is 3.94. The van der Waals surface area contributed by atoms with E-state index < -0.39 is 0 Å². The number of nitrogens with one attached hydrogen (secondary N) is 1. The van der Waals surface area contributed by atoms with Gasteiger partial charge in [-0.1, -0.05) is 24.3 Å². The quantitative estimate of drug-likeness (QED) is 0.541. The van der Waals surface area contributed by atoms with Gasteiger partial charge in [0, 0.05) is 36.3 Å². The van der Waals surface area contributed by atoms with Gasteiger partial charge in [0.15, 0.2) is 0 Å². The fraction of sp³-hybridized carbons (Fsp3) is 0.353. The molecule has 1 aromatic carbocycles. The number of benzene rings is 1. The van der Waals surface area contributed by atoms with Crippen molar-refractivity contribution >= 4 is 11.8 Å². The highest BCUT2D eigenvalue weighted by Gasteiger charge is 1.95. The van der Waals surface area contributed by atoms with Crippen molar-refractivity contribution in [1.29, 1.82) is 0 Å². The van der Waals surface area contributed by atoms with Crippen LogP contribution in [0.3, 0.4) is 0 Å². The third-order valence-electron chi connectivity index (χ3n) is 3.02. The molecule has 0 aliphatic rings. The standard InChI is InChI=1S/C17H22N3S/c1-2-8-17(9-3-1)21-15-19-12-6-11-18-14-10-16-7-4-5-13-20-16/h1-5,7-9,13,18H,6,10-12,14-15H2. The van der Waals surface area contributed by atoms with Crippen LogP contribution in [0.5, 0.6) is 0 Å². The molecule has 111 valence electrons. The van der Waals surface area contributed by atoms with Gasteiger partial charge in [-0.05, 0) is 37.2 Å². The van der Waals surface area contributed by atoms with Crippen LogP contribution in [-0.2, 0) is 6.42 Å². The van der Waals surface area contributed by atoms with Crippen molar-refractivity contribution < 1.29 is 0 Å². The maximum absolute atomic E-state index is 4.53. The lowest BCUT2D eigenvalue weighted by Gasteiger charge is -2.05. The number of hydrogen-bond acceptors (Lipinski definition) is 3. The lowest BCUT2D eigenvalue weighted by atomic mass is 10.2. The van der Waals surface area contributed by atoms with Crippen molar-refractivity contribution in [3.05, 3.63) is 60.4 Å². The monoisotopic (exact) mass is 300 g/mol. The van der Waals surface area contributed by atoms with E-state index in [2.05, 4.69) is 45.9 Å². The van der Waals surface area contributed by atoms with Gasteiger partial charge >= 0.3 is 0 Å². The van der Waals surface area contributed by atoms with Crippen molar-refractivity contribution in [3.8, 4) is 0 Å². The fourth-order valence-corrected chi connectivity index (χ4v) is 2.62. The highest BCUT2D eigenvalue weighted by molar-refractivity contribution is 7.99. The molecule has 1 N–H and O–H groups in total. The normalized spacial score (nSPS) is 10.7. The molecule has 4 heteroatoms. The van der Waals surface area contributed by atoms with Crippen molar-refractivity contribution in [3.63, 3.8) is 0 Å². The Morgan fingerprint density at radius 1 is 1.00 bits per heavy atom. The second-order valence-corrected chi connectivity index (χ2v) is 5.73. The molecule has 0 spiro atoms. The maximum atomic E-state index is 4.53. The Balaban J connectivity index is 1.40. The van der Waals surface area contributed by atoms with Gasteiger partial charge in [-0.3, -0.25) is 4.98 Å². The van der Waals surface area contributed by atoms with E-state index in [1.165, 1.54) is 4.90 Å². The molecule has 0 bridgehead atoms. The van der Waals surface area contributed by atoms with Gasteiger partial charge in [0.1, 0.15) is 0 Å². The molecule has 0 fully saturated rings. The Labute approximate surface area is 131 Å². The largest absolute Gasteiger partial charge is 0.316 e. The van der Waals surface area contributed by atoms with Crippen LogP contribution < -0.4 is 10.6 Å². The maximum Gasteiger partial charge on any atom is 0.0637 e. The first-order chi connectivity index (χ1) is 10.4. The first-order valence-corrected chi connectivity index (χ1v) is 8.35. The Bertz CT molecular complexity index is 430. The second kappa shape index (κ2) is 10.4. The summed E-state index contributed by atoms with van der Waals surface area (Å²) < 4.78 is 0. The molecule has 2 rings (SSSR count). The molecule has 3 nitrogen and oxygen atoms in total. The molecule has 1 radical (unpaired) electrons. The molecule has 0 saturated heterocycles. The van der Waals surface area contributed by atoms with Crippen molar-refractivity contribution in [1.82, 2.24) is 15.6 Å². The first-order valence-electron chi connectivity index (χ1n) is 7.37. The average Bonchev–Trinajstić information content (AvgIpc) is 2.55. The number of hydrogen-bond donors (Lipinski definition) is 1. The Kier molecular flexibility index (Phi) is 7.92. The van der Waals surface area contributed by atoms with Crippen molar-refractivity contribution in [2.24, 2.45) is 0 Å². The molecule has 1 aromatic heterocycles. The molecular weight excluding hydrogens is 278 g/mol. The lowest BCUT2D eigenvalue weighted by molar-refractivity contribution is 0.614. The second-order valence-electron chi connectivity index (χ2n) is 4.71. The SMILES string of the molecule is c1ccc(SC[N]CCCNCCc2ccccn2)cc1. The highest BCUT2D eigenvalue weighted by atomic mass is 32.2.